The first kappa shape index (κ1) is 12.9. The average Bonchev–Trinajstić information content (AvgIpc) is 2.76. The lowest BCUT2D eigenvalue weighted by molar-refractivity contribution is -0.158. The number of thioether (sulfide) groups is 1. The molecular weight excluding hydrogens is 272 g/mol. The van der Waals surface area contributed by atoms with Gasteiger partial charge in [-0.3, -0.25) is 0 Å². The first-order valence-corrected chi connectivity index (χ1v) is 5.72. The third kappa shape index (κ3) is 3.00. The standard InChI is InChI=1S/C10H6F4N2OS/c11-7-4-2-1-3-6(7)5-18-9-16-15-8(17-9)10(12,13)14/h1-4H,5H2. The van der Waals surface area contributed by atoms with Gasteiger partial charge in [0.1, 0.15) is 5.82 Å². The highest BCUT2D eigenvalue weighted by Gasteiger charge is 2.38. The molecule has 0 saturated heterocycles. The Morgan fingerprint density at radius 3 is 2.50 bits per heavy atom. The third-order valence-corrected chi connectivity index (χ3v) is 2.83. The van der Waals surface area contributed by atoms with Gasteiger partial charge in [0.15, 0.2) is 0 Å². The van der Waals surface area contributed by atoms with E-state index in [-0.39, 0.29) is 11.0 Å². The van der Waals surface area contributed by atoms with Crippen LogP contribution < -0.4 is 0 Å². The Balaban J connectivity index is 2.03. The largest absolute Gasteiger partial charge is 0.470 e. The molecule has 0 N–H and O–H groups in total. The first-order valence-electron chi connectivity index (χ1n) is 4.74. The minimum absolute atomic E-state index is 0.117. The molecule has 0 amide bonds. The fourth-order valence-electron chi connectivity index (χ4n) is 1.14. The highest BCUT2D eigenvalue weighted by Crippen LogP contribution is 2.31. The second kappa shape index (κ2) is 4.97. The van der Waals surface area contributed by atoms with Crippen molar-refractivity contribution in [1.82, 2.24) is 10.2 Å². The Hall–Kier alpha value is -1.57. The van der Waals surface area contributed by atoms with Gasteiger partial charge in [-0.1, -0.05) is 30.0 Å². The number of hydrogen-bond donors (Lipinski definition) is 0. The Labute approximate surface area is 103 Å². The second-order valence-corrected chi connectivity index (χ2v) is 4.18. The third-order valence-electron chi connectivity index (χ3n) is 1.96. The SMILES string of the molecule is Fc1ccccc1CSc1nnc(C(F)(F)F)o1. The molecule has 18 heavy (non-hydrogen) atoms. The van der Waals surface area contributed by atoms with Crippen LogP contribution in [0.3, 0.4) is 0 Å². The molecule has 0 unspecified atom stereocenters. The van der Waals surface area contributed by atoms with E-state index in [4.69, 9.17) is 0 Å². The normalized spacial score (nSPS) is 11.8. The molecule has 0 atom stereocenters. The molecule has 0 aliphatic heterocycles. The van der Waals surface area contributed by atoms with Gasteiger partial charge in [0, 0.05) is 5.75 Å². The topological polar surface area (TPSA) is 38.9 Å². The summed E-state index contributed by atoms with van der Waals surface area (Å²) in [7, 11) is 0. The van der Waals surface area contributed by atoms with Crippen LogP contribution in [0.4, 0.5) is 17.6 Å². The smallest absolute Gasteiger partial charge is 0.408 e. The molecule has 2 rings (SSSR count). The van der Waals surface area contributed by atoms with Gasteiger partial charge in [-0.25, -0.2) is 4.39 Å². The molecule has 1 heterocycles. The van der Waals surface area contributed by atoms with E-state index in [2.05, 4.69) is 14.6 Å². The van der Waals surface area contributed by atoms with Crippen LogP contribution in [0.25, 0.3) is 0 Å². The molecule has 0 spiro atoms. The van der Waals surface area contributed by atoms with Crippen molar-refractivity contribution < 1.29 is 22.0 Å². The maximum Gasteiger partial charge on any atom is 0.470 e. The number of hydrogen-bond acceptors (Lipinski definition) is 4. The average molecular weight is 278 g/mol. The lowest BCUT2D eigenvalue weighted by Crippen LogP contribution is -2.04. The number of aromatic nitrogens is 2. The number of halogens is 4. The van der Waals surface area contributed by atoms with Crippen molar-refractivity contribution in [3.63, 3.8) is 0 Å². The maximum atomic E-state index is 13.2. The molecule has 0 radical (unpaired) electrons. The van der Waals surface area contributed by atoms with Crippen LogP contribution in [0, 0.1) is 5.82 Å². The van der Waals surface area contributed by atoms with Crippen molar-refractivity contribution in [1.29, 1.82) is 0 Å². The monoisotopic (exact) mass is 278 g/mol. The van der Waals surface area contributed by atoms with Gasteiger partial charge in [-0.05, 0) is 11.6 Å². The van der Waals surface area contributed by atoms with Crippen molar-refractivity contribution >= 4 is 11.8 Å². The van der Waals surface area contributed by atoms with Crippen LogP contribution in [0.15, 0.2) is 33.9 Å². The molecule has 0 aliphatic rings. The minimum Gasteiger partial charge on any atom is -0.408 e. The summed E-state index contributed by atoms with van der Waals surface area (Å²) in [5, 5.41) is 5.85. The fourth-order valence-corrected chi connectivity index (χ4v) is 1.89. The zero-order chi connectivity index (χ0) is 13.2. The molecule has 2 aromatic rings. The van der Waals surface area contributed by atoms with Crippen LogP contribution >= 0.6 is 11.8 Å². The second-order valence-electron chi connectivity index (χ2n) is 3.25. The van der Waals surface area contributed by atoms with Crippen LogP contribution in [-0.4, -0.2) is 10.2 Å². The van der Waals surface area contributed by atoms with Gasteiger partial charge in [0.05, 0.1) is 0 Å². The van der Waals surface area contributed by atoms with Gasteiger partial charge in [-0.2, -0.15) is 13.2 Å². The zero-order valence-electron chi connectivity index (χ0n) is 8.74. The summed E-state index contributed by atoms with van der Waals surface area (Å²) in [6.07, 6.45) is -4.66. The van der Waals surface area contributed by atoms with Gasteiger partial charge >= 0.3 is 12.1 Å². The summed E-state index contributed by atoms with van der Waals surface area (Å²) in [4.78, 5) is 0. The quantitative estimate of drug-likeness (QED) is 0.636. The predicted octanol–water partition coefficient (Wildman–Crippen LogP) is 3.52. The van der Waals surface area contributed by atoms with Gasteiger partial charge in [-0.15, -0.1) is 10.2 Å². The van der Waals surface area contributed by atoms with E-state index in [0.29, 0.717) is 5.56 Å². The Kier molecular flexibility index (Phi) is 3.55. The Bertz CT molecular complexity index is 541. The van der Waals surface area contributed by atoms with Gasteiger partial charge in [0.2, 0.25) is 0 Å². The van der Waals surface area contributed by atoms with E-state index in [1.165, 1.54) is 18.2 Å². The lowest BCUT2D eigenvalue weighted by Gasteiger charge is -2.00. The molecule has 3 nitrogen and oxygen atoms in total. The number of benzene rings is 1. The highest BCUT2D eigenvalue weighted by molar-refractivity contribution is 7.98. The van der Waals surface area contributed by atoms with E-state index in [9.17, 15) is 17.6 Å². The molecule has 1 aromatic carbocycles. The van der Waals surface area contributed by atoms with Crippen molar-refractivity contribution in [3.05, 3.63) is 41.5 Å². The van der Waals surface area contributed by atoms with Crippen molar-refractivity contribution in [3.8, 4) is 0 Å². The zero-order valence-corrected chi connectivity index (χ0v) is 9.56. The molecule has 0 aliphatic carbocycles. The molecule has 96 valence electrons. The van der Waals surface area contributed by atoms with E-state index in [0.717, 1.165) is 11.8 Å². The number of rotatable bonds is 3. The van der Waals surface area contributed by atoms with E-state index in [1.807, 2.05) is 0 Å². The van der Waals surface area contributed by atoms with E-state index < -0.39 is 17.9 Å². The van der Waals surface area contributed by atoms with Crippen LogP contribution in [0.1, 0.15) is 11.5 Å². The van der Waals surface area contributed by atoms with Crippen LogP contribution in [-0.2, 0) is 11.9 Å². The highest BCUT2D eigenvalue weighted by atomic mass is 32.2. The summed E-state index contributed by atoms with van der Waals surface area (Å²) in [6.45, 7) is 0. The number of alkyl halides is 3. The molecular formula is C10H6F4N2OS. The van der Waals surface area contributed by atoms with E-state index >= 15 is 0 Å². The van der Waals surface area contributed by atoms with Crippen molar-refractivity contribution in [2.24, 2.45) is 0 Å². The minimum atomic E-state index is -4.66. The van der Waals surface area contributed by atoms with Crippen molar-refractivity contribution in [2.75, 3.05) is 0 Å². The molecule has 0 saturated carbocycles. The fraction of sp³-hybridized carbons (Fsp3) is 0.200. The van der Waals surface area contributed by atoms with Gasteiger partial charge < -0.3 is 4.42 Å². The molecule has 1 aromatic heterocycles. The molecule has 0 fully saturated rings. The summed E-state index contributed by atoms with van der Waals surface area (Å²) >= 11 is 0.844. The first-order chi connectivity index (χ1) is 8.47. The summed E-state index contributed by atoms with van der Waals surface area (Å²) < 4.78 is 54.1. The number of nitrogens with zero attached hydrogens (tertiary/aromatic N) is 2. The van der Waals surface area contributed by atoms with Crippen molar-refractivity contribution in [2.45, 2.75) is 17.2 Å². The maximum absolute atomic E-state index is 13.2. The lowest BCUT2D eigenvalue weighted by atomic mass is 10.2. The summed E-state index contributed by atoms with van der Waals surface area (Å²) in [6, 6.07) is 5.96. The summed E-state index contributed by atoms with van der Waals surface area (Å²) in [5.41, 5.74) is 0.356. The molecule has 8 heteroatoms. The van der Waals surface area contributed by atoms with Gasteiger partial charge in [0.25, 0.3) is 5.22 Å². The predicted molar refractivity (Wildman–Crippen MR) is 55.3 cm³/mol. The molecule has 0 bridgehead atoms. The Morgan fingerprint density at radius 1 is 1.17 bits per heavy atom. The van der Waals surface area contributed by atoms with Crippen LogP contribution in [0.5, 0.6) is 0 Å². The van der Waals surface area contributed by atoms with E-state index in [1.54, 1.807) is 6.07 Å². The summed E-state index contributed by atoms with van der Waals surface area (Å²) in [5.74, 6) is -1.72. The Morgan fingerprint density at radius 2 is 1.89 bits per heavy atom. The van der Waals surface area contributed by atoms with Crippen LogP contribution in [0.2, 0.25) is 0 Å².